The molecule has 1 amide bonds. The van der Waals surface area contributed by atoms with E-state index in [1.807, 2.05) is 0 Å². The van der Waals surface area contributed by atoms with Crippen molar-refractivity contribution in [2.75, 3.05) is 12.4 Å². The Morgan fingerprint density at radius 1 is 1.08 bits per heavy atom. The maximum absolute atomic E-state index is 11.9. The summed E-state index contributed by atoms with van der Waals surface area (Å²) in [5.41, 5.74) is 1.08. The standard InChI is InChI=1S/C16H14Cl2N2O3S/c1-19-24(22,23)13-4-2-3-12(10-13)20-16(21)8-6-11-5-7-14(17)15(18)9-11/h2-10,19H,1H3,(H,20,21)/b8-6+. The Morgan fingerprint density at radius 3 is 2.50 bits per heavy atom. The highest BCUT2D eigenvalue weighted by molar-refractivity contribution is 7.89. The fourth-order valence-corrected chi connectivity index (χ4v) is 2.91. The van der Waals surface area contributed by atoms with Crippen molar-refractivity contribution in [1.82, 2.24) is 4.72 Å². The Hall–Kier alpha value is -1.86. The maximum Gasteiger partial charge on any atom is 0.248 e. The first-order valence-electron chi connectivity index (χ1n) is 6.79. The van der Waals surface area contributed by atoms with Gasteiger partial charge in [0.05, 0.1) is 14.9 Å². The van der Waals surface area contributed by atoms with Crippen molar-refractivity contribution in [2.45, 2.75) is 4.90 Å². The lowest BCUT2D eigenvalue weighted by Gasteiger charge is -2.06. The Balaban J connectivity index is 2.11. The van der Waals surface area contributed by atoms with Gasteiger partial charge in [-0.3, -0.25) is 4.79 Å². The van der Waals surface area contributed by atoms with E-state index in [2.05, 4.69) is 10.0 Å². The van der Waals surface area contributed by atoms with Crippen molar-refractivity contribution in [3.8, 4) is 0 Å². The number of rotatable bonds is 5. The lowest BCUT2D eigenvalue weighted by atomic mass is 10.2. The highest BCUT2D eigenvalue weighted by atomic mass is 35.5. The van der Waals surface area contributed by atoms with Crippen molar-refractivity contribution in [3.63, 3.8) is 0 Å². The van der Waals surface area contributed by atoms with Crippen LogP contribution in [0.15, 0.2) is 53.4 Å². The number of amides is 1. The van der Waals surface area contributed by atoms with Gasteiger partial charge in [0.15, 0.2) is 0 Å². The zero-order valence-electron chi connectivity index (χ0n) is 12.6. The second-order valence-electron chi connectivity index (χ2n) is 4.73. The zero-order chi connectivity index (χ0) is 17.7. The van der Waals surface area contributed by atoms with E-state index in [9.17, 15) is 13.2 Å². The highest BCUT2D eigenvalue weighted by Crippen LogP contribution is 2.23. The average Bonchev–Trinajstić information content (AvgIpc) is 2.56. The third kappa shape index (κ3) is 4.82. The number of halogens is 2. The molecule has 5 nitrogen and oxygen atoms in total. The Morgan fingerprint density at radius 2 is 1.83 bits per heavy atom. The van der Waals surface area contributed by atoms with Crippen molar-refractivity contribution < 1.29 is 13.2 Å². The van der Waals surface area contributed by atoms with Gasteiger partial charge in [0, 0.05) is 11.8 Å². The molecular weight excluding hydrogens is 371 g/mol. The SMILES string of the molecule is CNS(=O)(=O)c1cccc(NC(=O)/C=C/c2ccc(Cl)c(Cl)c2)c1. The summed E-state index contributed by atoms with van der Waals surface area (Å²) >= 11 is 11.7. The molecule has 0 spiro atoms. The lowest BCUT2D eigenvalue weighted by Crippen LogP contribution is -2.18. The first-order valence-corrected chi connectivity index (χ1v) is 9.03. The molecule has 2 rings (SSSR count). The number of benzene rings is 2. The van der Waals surface area contributed by atoms with Crippen molar-refractivity contribution in [2.24, 2.45) is 0 Å². The number of anilines is 1. The average molecular weight is 385 g/mol. The molecule has 126 valence electrons. The minimum Gasteiger partial charge on any atom is -0.322 e. The molecular formula is C16H14Cl2N2O3S. The third-order valence-electron chi connectivity index (χ3n) is 3.05. The molecule has 2 aromatic rings. The summed E-state index contributed by atoms with van der Waals surface area (Å²) in [5.74, 6) is -0.403. The van der Waals surface area contributed by atoms with Crippen LogP contribution in [0, 0.1) is 0 Å². The third-order valence-corrected chi connectivity index (χ3v) is 5.20. The molecule has 0 atom stereocenters. The molecule has 2 N–H and O–H groups in total. The first-order chi connectivity index (χ1) is 11.3. The van der Waals surface area contributed by atoms with Gasteiger partial charge >= 0.3 is 0 Å². The van der Waals surface area contributed by atoms with E-state index in [4.69, 9.17) is 23.2 Å². The molecule has 0 bridgehead atoms. The fourth-order valence-electron chi connectivity index (χ4n) is 1.83. The van der Waals surface area contributed by atoms with Gasteiger partial charge < -0.3 is 5.32 Å². The van der Waals surface area contributed by atoms with Gasteiger partial charge in [-0.1, -0.05) is 35.3 Å². The van der Waals surface area contributed by atoms with E-state index in [1.54, 1.807) is 36.4 Å². The van der Waals surface area contributed by atoms with Crippen LogP contribution in [0.3, 0.4) is 0 Å². The van der Waals surface area contributed by atoms with E-state index in [0.717, 1.165) is 0 Å². The quantitative estimate of drug-likeness (QED) is 0.773. The van der Waals surface area contributed by atoms with Crippen molar-refractivity contribution in [1.29, 1.82) is 0 Å². The fraction of sp³-hybridized carbons (Fsp3) is 0.0625. The second-order valence-corrected chi connectivity index (χ2v) is 7.43. The molecule has 0 saturated carbocycles. The molecule has 24 heavy (non-hydrogen) atoms. The van der Waals surface area contributed by atoms with Gasteiger partial charge in [0.25, 0.3) is 0 Å². The maximum atomic E-state index is 11.9. The highest BCUT2D eigenvalue weighted by Gasteiger charge is 2.11. The summed E-state index contributed by atoms with van der Waals surface area (Å²) < 4.78 is 25.7. The van der Waals surface area contributed by atoms with Gasteiger partial charge in [-0.2, -0.15) is 0 Å². The van der Waals surface area contributed by atoms with Crippen LogP contribution in [0.25, 0.3) is 6.08 Å². The monoisotopic (exact) mass is 384 g/mol. The molecule has 0 unspecified atom stereocenters. The van der Waals surface area contributed by atoms with E-state index >= 15 is 0 Å². The molecule has 0 aliphatic rings. The summed E-state index contributed by atoms with van der Waals surface area (Å²) in [4.78, 5) is 12.0. The molecule has 2 aromatic carbocycles. The minimum atomic E-state index is -3.57. The van der Waals surface area contributed by atoms with Crippen LogP contribution in [-0.4, -0.2) is 21.4 Å². The van der Waals surface area contributed by atoms with Gasteiger partial charge in [0.1, 0.15) is 0 Å². The second kappa shape index (κ2) is 7.81. The van der Waals surface area contributed by atoms with Crippen LogP contribution in [0.5, 0.6) is 0 Å². The topological polar surface area (TPSA) is 75.3 Å². The molecule has 0 aliphatic heterocycles. The van der Waals surface area contributed by atoms with E-state index in [-0.39, 0.29) is 4.90 Å². The number of carbonyl (C=O) groups is 1. The van der Waals surface area contributed by atoms with Gasteiger partial charge in [-0.05, 0) is 49.0 Å². The van der Waals surface area contributed by atoms with Crippen LogP contribution in [0.1, 0.15) is 5.56 Å². The lowest BCUT2D eigenvalue weighted by molar-refractivity contribution is -0.111. The Bertz CT molecular complexity index is 896. The van der Waals surface area contributed by atoms with Crippen LogP contribution >= 0.6 is 23.2 Å². The van der Waals surface area contributed by atoms with E-state index in [1.165, 1.54) is 25.3 Å². The van der Waals surface area contributed by atoms with Crippen LogP contribution in [0.2, 0.25) is 10.0 Å². The predicted molar refractivity (Wildman–Crippen MR) is 96.8 cm³/mol. The molecule has 0 radical (unpaired) electrons. The summed E-state index contributed by atoms with van der Waals surface area (Å²) in [6.07, 6.45) is 2.89. The number of nitrogens with one attached hydrogen (secondary N) is 2. The van der Waals surface area contributed by atoms with E-state index < -0.39 is 15.9 Å². The summed E-state index contributed by atoms with van der Waals surface area (Å²) in [5, 5.41) is 3.42. The number of sulfonamides is 1. The van der Waals surface area contributed by atoms with Crippen molar-refractivity contribution >= 4 is 50.9 Å². The van der Waals surface area contributed by atoms with Gasteiger partial charge in [0.2, 0.25) is 15.9 Å². The Labute approximate surface area is 150 Å². The smallest absolute Gasteiger partial charge is 0.248 e. The van der Waals surface area contributed by atoms with Crippen LogP contribution in [0.4, 0.5) is 5.69 Å². The van der Waals surface area contributed by atoms with Gasteiger partial charge in [-0.25, -0.2) is 13.1 Å². The molecule has 8 heteroatoms. The molecule has 0 aliphatic carbocycles. The van der Waals surface area contributed by atoms with Crippen LogP contribution < -0.4 is 10.0 Å². The first kappa shape index (κ1) is 18.5. The number of hydrogen-bond donors (Lipinski definition) is 2. The molecule has 0 fully saturated rings. The summed E-state index contributed by atoms with van der Waals surface area (Å²) in [6.45, 7) is 0. The molecule has 0 saturated heterocycles. The van der Waals surface area contributed by atoms with Crippen LogP contribution in [-0.2, 0) is 14.8 Å². The largest absolute Gasteiger partial charge is 0.322 e. The van der Waals surface area contributed by atoms with E-state index in [0.29, 0.717) is 21.3 Å². The summed E-state index contributed by atoms with van der Waals surface area (Å²) in [6, 6.07) is 10.9. The summed E-state index contributed by atoms with van der Waals surface area (Å²) in [7, 11) is -2.25. The van der Waals surface area contributed by atoms with Gasteiger partial charge in [-0.15, -0.1) is 0 Å². The minimum absolute atomic E-state index is 0.0660. The normalized spacial score (nSPS) is 11.6. The molecule has 0 heterocycles. The number of hydrogen-bond acceptors (Lipinski definition) is 3. The zero-order valence-corrected chi connectivity index (χ0v) is 14.9. The predicted octanol–water partition coefficient (Wildman–Crippen LogP) is 3.55. The Kier molecular flexibility index (Phi) is 6.01. The van der Waals surface area contributed by atoms with Crippen molar-refractivity contribution in [3.05, 3.63) is 64.1 Å². The molecule has 0 aromatic heterocycles. The number of carbonyl (C=O) groups excluding carboxylic acids is 1.